The molecule has 1 rings (SSSR count). The number of hydrogen-bond acceptors (Lipinski definition) is 4. The summed E-state index contributed by atoms with van der Waals surface area (Å²) < 4.78 is 39.0. The summed E-state index contributed by atoms with van der Waals surface area (Å²) in [5.74, 6) is -0.775. The number of nitrogens with one attached hydrogen (secondary N) is 1. The lowest BCUT2D eigenvalue weighted by molar-refractivity contribution is 0.186. The average molecular weight is 297 g/mol. The molecular formula is C10H14ClFN2O3S. The van der Waals surface area contributed by atoms with E-state index in [0.717, 1.165) is 12.1 Å². The molecule has 0 spiro atoms. The van der Waals surface area contributed by atoms with Crippen LogP contribution in [-0.4, -0.2) is 26.2 Å². The van der Waals surface area contributed by atoms with Crippen LogP contribution < -0.4 is 10.5 Å². The number of sulfonamides is 1. The monoisotopic (exact) mass is 296 g/mol. The highest BCUT2D eigenvalue weighted by Crippen LogP contribution is 2.26. The fraction of sp³-hybridized carbons (Fsp3) is 0.400. The van der Waals surface area contributed by atoms with E-state index >= 15 is 0 Å². The Balaban J connectivity index is 2.95. The largest absolute Gasteiger partial charge is 0.396 e. The van der Waals surface area contributed by atoms with Gasteiger partial charge in [0.1, 0.15) is 10.7 Å². The molecule has 0 aliphatic rings. The predicted octanol–water partition coefficient (Wildman–Crippen LogP) is 1.11. The zero-order valence-corrected chi connectivity index (χ0v) is 11.2. The second-order valence-electron chi connectivity index (χ2n) is 3.84. The summed E-state index contributed by atoms with van der Waals surface area (Å²) in [6.45, 7) is 1.59. The first-order valence-corrected chi connectivity index (χ1v) is 7.02. The van der Waals surface area contributed by atoms with Crippen LogP contribution in [0.1, 0.15) is 13.3 Å². The van der Waals surface area contributed by atoms with Crippen molar-refractivity contribution in [3.05, 3.63) is 23.0 Å². The Labute approximate surface area is 110 Å². The van der Waals surface area contributed by atoms with Gasteiger partial charge in [-0.1, -0.05) is 11.6 Å². The van der Waals surface area contributed by atoms with Gasteiger partial charge in [0, 0.05) is 6.54 Å². The third-order valence-electron chi connectivity index (χ3n) is 2.19. The van der Waals surface area contributed by atoms with Crippen LogP contribution >= 0.6 is 11.6 Å². The molecule has 1 aromatic rings. The van der Waals surface area contributed by atoms with Crippen molar-refractivity contribution in [2.45, 2.75) is 24.3 Å². The van der Waals surface area contributed by atoms with Crippen LogP contribution in [0.25, 0.3) is 0 Å². The molecule has 0 aromatic heterocycles. The van der Waals surface area contributed by atoms with Crippen LogP contribution in [0.2, 0.25) is 5.02 Å². The minimum Gasteiger partial charge on any atom is -0.396 e. The van der Waals surface area contributed by atoms with Crippen molar-refractivity contribution in [2.24, 2.45) is 0 Å². The number of anilines is 1. The molecule has 102 valence electrons. The molecule has 0 fully saturated rings. The van der Waals surface area contributed by atoms with E-state index < -0.39 is 21.9 Å². The van der Waals surface area contributed by atoms with Gasteiger partial charge in [-0.2, -0.15) is 0 Å². The molecule has 0 aliphatic heterocycles. The number of nitrogens with two attached hydrogens (primary N) is 1. The second-order valence-corrected chi connectivity index (χ2v) is 5.98. The number of rotatable bonds is 5. The number of halogens is 2. The maximum Gasteiger partial charge on any atom is 0.242 e. The lowest BCUT2D eigenvalue weighted by Crippen LogP contribution is -2.27. The molecule has 0 amide bonds. The zero-order chi connectivity index (χ0) is 13.9. The molecule has 1 atom stereocenters. The zero-order valence-electron chi connectivity index (χ0n) is 9.65. The maximum atomic E-state index is 13.0. The highest BCUT2D eigenvalue weighted by molar-refractivity contribution is 7.89. The molecule has 4 N–H and O–H groups in total. The summed E-state index contributed by atoms with van der Waals surface area (Å²) >= 11 is 5.66. The van der Waals surface area contributed by atoms with Gasteiger partial charge in [0.2, 0.25) is 10.0 Å². The Morgan fingerprint density at radius 3 is 2.72 bits per heavy atom. The van der Waals surface area contributed by atoms with Crippen molar-refractivity contribution in [3.8, 4) is 0 Å². The van der Waals surface area contributed by atoms with Crippen LogP contribution in [0, 0.1) is 5.82 Å². The van der Waals surface area contributed by atoms with E-state index in [2.05, 4.69) is 4.72 Å². The molecule has 8 heteroatoms. The van der Waals surface area contributed by atoms with Crippen molar-refractivity contribution in [1.29, 1.82) is 0 Å². The van der Waals surface area contributed by atoms with E-state index in [0.29, 0.717) is 0 Å². The molecule has 0 bridgehead atoms. The van der Waals surface area contributed by atoms with E-state index in [1.165, 1.54) is 6.92 Å². The van der Waals surface area contributed by atoms with E-state index in [1.807, 2.05) is 0 Å². The quantitative estimate of drug-likeness (QED) is 0.710. The first-order chi connectivity index (χ1) is 8.24. The van der Waals surface area contributed by atoms with Gasteiger partial charge in [-0.05, 0) is 25.5 Å². The van der Waals surface area contributed by atoms with Gasteiger partial charge < -0.3 is 10.8 Å². The summed E-state index contributed by atoms with van der Waals surface area (Å²) in [6.07, 6.45) is -0.366. The first-order valence-electron chi connectivity index (χ1n) is 5.16. The van der Waals surface area contributed by atoms with Gasteiger partial charge >= 0.3 is 0 Å². The van der Waals surface area contributed by atoms with Crippen LogP contribution in [0.3, 0.4) is 0 Å². The third kappa shape index (κ3) is 3.81. The summed E-state index contributed by atoms with van der Waals surface area (Å²) in [5, 5.41) is 8.78. The van der Waals surface area contributed by atoms with Crippen molar-refractivity contribution < 1.29 is 17.9 Å². The first kappa shape index (κ1) is 15.2. The summed E-state index contributed by atoms with van der Waals surface area (Å²) in [7, 11) is -3.87. The van der Waals surface area contributed by atoms with Gasteiger partial charge in [0.15, 0.2) is 0 Å². The van der Waals surface area contributed by atoms with Gasteiger partial charge in [-0.25, -0.2) is 17.5 Å². The molecule has 0 radical (unpaired) electrons. The fourth-order valence-corrected chi connectivity index (χ4v) is 2.83. The fourth-order valence-electron chi connectivity index (χ4n) is 1.23. The molecule has 0 saturated heterocycles. The van der Waals surface area contributed by atoms with Gasteiger partial charge in [-0.15, -0.1) is 0 Å². The lowest BCUT2D eigenvalue weighted by Gasteiger charge is -2.10. The van der Waals surface area contributed by atoms with Crippen LogP contribution in [0.4, 0.5) is 10.1 Å². The minimum absolute atomic E-state index is 0.0492. The standard InChI is InChI=1S/C10H14ClFN2O3S/c1-6(15)2-3-14-18(16,17)10-5-9(13)8(12)4-7(10)11/h4-6,14-15H,2-3,13H2,1H3. The molecule has 1 unspecified atom stereocenters. The molecule has 1 aromatic carbocycles. The summed E-state index contributed by atoms with van der Waals surface area (Å²) in [4.78, 5) is -0.284. The van der Waals surface area contributed by atoms with Crippen LogP contribution in [-0.2, 0) is 10.0 Å². The predicted molar refractivity (Wildman–Crippen MR) is 67.3 cm³/mol. The minimum atomic E-state index is -3.87. The van der Waals surface area contributed by atoms with Crippen LogP contribution in [0.5, 0.6) is 0 Å². The van der Waals surface area contributed by atoms with Gasteiger partial charge in [-0.3, -0.25) is 0 Å². The number of nitrogen functional groups attached to an aromatic ring is 1. The van der Waals surface area contributed by atoms with Crippen molar-refractivity contribution in [3.63, 3.8) is 0 Å². The smallest absolute Gasteiger partial charge is 0.242 e. The van der Waals surface area contributed by atoms with E-state index in [4.69, 9.17) is 22.4 Å². The summed E-state index contributed by atoms with van der Waals surface area (Å²) in [6, 6.07) is 1.81. The van der Waals surface area contributed by atoms with E-state index in [-0.39, 0.29) is 28.6 Å². The van der Waals surface area contributed by atoms with Crippen molar-refractivity contribution >= 4 is 27.3 Å². The molecule has 0 saturated carbocycles. The number of aliphatic hydroxyl groups is 1. The number of aliphatic hydroxyl groups excluding tert-OH is 1. The number of hydrogen-bond donors (Lipinski definition) is 3. The van der Waals surface area contributed by atoms with Gasteiger partial charge in [0.25, 0.3) is 0 Å². The Morgan fingerprint density at radius 1 is 1.56 bits per heavy atom. The Bertz CT molecular complexity index is 534. The highest BCUT2D eigenvalue weighted by atomic mass is 35.5. The third-order valence-corrected chi connectivity index (χ3v) is 4.12. The topological polar surface area (TPSA) is 92.4 Å². The Hall–Kier alpha value is -0.890. The normalized spacial score (nSPS) is 13.6. The number of benzene rings is 1. The maximum absolute atomic E-state index is 13.0. The molecule has 0 heterocycles. The molecule has 5 nitrogen and oxygen atoms in total. The van der Waals surface area contributed by atoms with Crippen molar-refractivity contribution in [2.75, 3.05) is 12.3 Å². The molecular weight excluding hydrogens is 283 g/mol. The van der Waals surface area contributed by atoms with E-state index in [9.17, 15) is 12.8 Å². The van der Waals surface area contributed by atoms with Crippen LogP contribution in [0.15, 0.2) is 17.0 Å². The average Bonchev–Trinajstić information content (AvgIpc) is 2.22. The summed E-state index contributed by atoms with van der Waals surface area (Å²) in [5.41, 5.74) is 5.00. The second kappa shape index (κ2) is 5.83. The molecule has 0 aliphatic carbocycles. The lowest BCUT2D eigenvalue weighted by atomic mass is 10.3. The SMILES string of the molecule is CC(O)CCNS(=O)(=O)c1cc(N)c(F)cc1Cl. The van der Waals surface area contributed by atoms with E-state index in [1.54, 1.807) is 0 Å². The molecule has 18 heavy (non-hydrogen) atoms. The Kier molecular flexibility index (Phi) is 4.92. The van der Waals surface area contributed by atoms with Crippen molar-refractivity contribution in [1.82, 2.24) is 4.72 Å². The highest BCUT2D eigenvalue weighted by Gasteiger charge is 2.19. The van der Waals surface area contributed by atoms with Gasteiger partial charge in [0.05, 0.1) is 16.8 Å². The Morgan fingerprint density at radius 2 is 2.17 bits per heavy atom.